The topological polar surface area (TPSA) is 25.4 Å². The Labute approximate surface area is 111 Å². The number of nitrogens with zero attached hydrogens (tertiary/aromatic N) is 2. The Bertz CT molecular complexity index is 378. The molecular formula is C13H19BrN2O. The molecule has 17 heavy (non-hydrogen) atoms. The molecule has 0 bridgehead atoms. The van der Waals surface area contributed by atoms with E-state index >= 15 is 0 Å². The van der Waals surface area contributed by atoms with Crippen LogP contribution in [0.15, 0.2) is 12.3 Å². The first-order valence-electron chi connectivity index (χ1n) is 6.04. The van der Waals surface area contributed by atoms with Gasteiger partial charge in [0.2, 0.25) is 0 Å². The average Bonchev–Trinajstić information content (AvgIpc) is 2.39. The summed E-state index contributed by atoms with van der Waals surface area (Å²) in [7, 11) is 2.14. The molecule has 1 saturated heterocycles. The molecule has 1 aliphatic rings. The summed E-state index contributed by atoms with van der Waals surface area (Å²) in [5, 5.41) is 0.863. The van der Waals surface area contributed by atoms with Crippen molar-refractivity contribution in [2.45, 2.75) is 31.1 Å². The van der Waals surface area contributed by atoms with Crippen LogP contribution in [-0.4, -0.2) is 31.3 Å². The van der Waals surface area contributed by atoms with Gasteiger partial charge in [0.25, 0.3) is 0 Å². The predicted molar refractivity (Wildman–Crippen MR) is 73.8 cm³/mol. The van der Waals surface area contributed by atoms with Crippen molar-refractivity contribution in [1.29, 1.82) is 0 Å². The molecular weight excluding hydrogens is 280 g/mol. The standard InChI is InChI=1S/C13H19BrN2O/c1-10-7-11(8-14)9-15-13(10)16(2)12-3-5-17-6-4-12/h7,9,12H,3-6,8H2,1-2H3. The molecule has 2 rings (SSSR count). The molecule has 0 N–H and O–H groups in total. The van der Waals surface area contributed by atoms with Gasteiger partial charge in [-0.25, -0.2) is 4.98 Å². The van der Waals surface area contributed by atoms with E-state index in [4.69, 9.17) is 4.74 Å². The van der Waals surface area contributed by atoms with E-state index < -0.39 is 0 Å². The normalized spacial score (nSPS) is 17.1. The highest BCUT2D eigenvalue weighted by Gasteiger charge is 2.20. The number of alkyl halides is 1. The van der Waals surface area contributed by atoms with Crippen molar-refractivity contribution in [3.63, 3.8) is 0 Å². The minimum absolute atomic E-state index is 0.560. The van der Waals surface area contributed by atoms with Gasteiger partial charge in [-0.1, -0.05) is 22.0 Å². The molecule has 0 radical (unpaired) electrons. The van der Waals surface area contributed by atoms with Gasteiger partial charge >= 0.3 is 0 Å². The number of rotatable bonds is 3. The Balaban J connectivity index is 2.15. The minimum atomic E-state index is 0.560. The summed E-state index contributed by atoms with van der Waals surface area (Å²) in [6, 6.07) is 2.76. The van der Waals surface area contributed by atoms with E-state index in [2.05, 4.69) is 45.9 Å². The molecule has 1 aliphatic heterocycles. The van der Waals surface area contributed by atoms with Gasteiger partial charge in [0.15, 0.2) is 0 Å². The lowest BCUT2D eigenvalue weighted by Gasteiger charge is -2.33. The smallest absolute Gasteiger partial charge is 0.131 e. The monoisotopic (exact) mass is 298 g/mol. The number of hydrogen-bond acceptors (Lipinski definition) is 3. The zero-order valence-corrected chi connectivity index (χ0v) is 12.0. The Morgan fingerprint density at radius 2 is 2.18 bits per heavy atom. The Hall–Kier alpha value is -0.610. The van der Waals surface area contributed by atoms with Gasteiger partial charge in [-0.15, -0.1) is 0 Å². The van der Waals surface area contributed by atoms with E-state index in [-0.39, 0.29) is 0 Å². The molecule has 0 unspecified atom stereocenters. The van der Waals surface area contributed by atoms with Crippen molar-refractivity contribution in [3.05, 3.63) is 23.4 Å². The molecule has 0 atom stereocenters. The van der Waals surface area contributed by atoms with Crippen LogP contribution in [0.1, 0.15) is 24.0 Å². The van der Waals surface area contributed by atoms with Gasteiger partial charge in [-0.3, -0.25) is 0 Å². The van der Waals surface area contributed by atoms with Crippen LogP contribution in [0.3, 0.4) is 0 Å². The number of halogens is 1. The van der Waals surface area contributed by atoms with Gasteiger partial charge < -0.3 is 9.64 Å². The first-order chi connectivity index (χ1) is 8.22. The van der Waals surface area contributed by atoms with Crippen LogP contribution in [0.4, 0.5) is 5.82 Å². The molecule has 4 heteroatoms. The summed E-state index contributed by atoms with van der Waals surface area (Å²) in [5.41, 5.74) is 2.47. The number of hydrogen-bond donors (Lipinski definition) is 0. The third kappa shape index (κ3) is 2.99. The Kier molecular flexibility index (Phi) is 4.40. The number of aryl methyl sites for hydroxylation is 1. The van der Waals surface area contributed by atoms with E-state index in [0.717, 1.165) is 37.2 Å². The number of anilines is 1. The molecule has 94 valence electrons. The molecule has 2 heterocycles. The molecule has 0 aliphatic carbocycles. The highest BCUT2D eigenvalue weighted by Crippen LogP contribution is 2.23. The van der Waals surface area contributed by atoms with E-state index in [9.17, 15) is 0 Å². The maximum atomic E-state index is 5.40. The number of aromatic nitrogens is 1. The molecule has 0 spiro atoms. The van der Waals surface area contributed by atoms with Gasteiger partial charge in [0.05, 0.1) is 0 Å². The number of pyridine rings is 1. The van der Waals surface area contributed by atoms with E-state index in [1.807, 2.05) is 6.20 Å². The van der Waals surface area contributed by atoms with Crippen LogP contribution in [-0.2, 0) is 10.1 Å². The van der Waals surface area contributed by atoms with Crippen molar-refractivity contribution in [3.8, 4) is 0 Å². The predicted octanol–water partition coefficient (Wildman–Crippen LogP) is 2.90. The lowest BCUT2D eigenvalue weighted by atomic mass is 10.1. The van der Waals surface area contributed by atoms with E-state index in [1.165, 1.54) is 11.1 Å². The fraction of sp³-hybridized carbons (Fsp3) is 0.615. The van der Waals surface area contributed by atoms with Crippen molar-refractivity contribution in [2.24, 2.45) is 0 Å². The SMILES string of the molecule is Cc1cc(CBr)cnc1N(C)C1CCOCC1. The van der Waals surface area contributed by atoms with Crippen LogP contribution < -0.4 is 4.90 Å². The first-order valence-corrected chi connectivity index (χ1v) is 7.16. The Morgan fingerprint density at radius 3 is 2.76 bits per heavy atom. The summed E-state index contributed by atoms with van der Waals surface area (Å²) in [4.78, 5) is 6.88. The zero-order chi connectivity index (χ0) is 12.3. The van der Waals surface area contributed by atoms with Crippen molar-refractivity contribution >= 4 is 21.7 Å². The summed E-state index contributed by atoms with van der Waals surface area (Å²) >= 11 is 3.46. The van der Waals surface area contributed by atoms with Gasteiger partial charge in [0.1, 0.15) is 5.82 Å². The van der Waals surface area contributed by atoms with E-state index in [1.54, 1.807) is 0 Å². The van der Waals surface area contributed by atoms with Crippen molar-refractivity contribution in [2.75, 3.05) is 25.2 Å². The molecule has 3 nitrogen and oxygen atoms in total. The fourth-order valence-electron chi connectivity index (χ4n) is 2.31. The van der Waals surface area contributed by atoms with Crippen molar-refractivity contribution < 1.29 is 4.74 Å². The minimum Gasteiger partial charge on any atom is -0.381 e. The molecule has 0 saturated carbocycles. The quantitative estimate of drug-likeness (QED) is 0.803. The van der Waals surface area contributed by atoms with Gasteiger partial charge in [0, 0.05) is 37.8 Å². The molecule has 1 fully saturated rings. The highest BCUT2D eigenvalue weighted by atomic mass is 79.9. The third-order valence-corrected chi connectivity index (χ3v) is 3.98. The Morgan fingerprint density at radius 1 is 1.47 bits per heavy atom. The maximum Gasteiger partial charge on any atom is 0.131 e. The second-order valence-electron chi connectivity index (χ2n) is 4.57. The lowest BCUT2D eigenvalue weighted by molar-refractivity contribution is 0.0853. The molecule has 1 aromatic rings. The van der Waals surface area contributed by atoms with Crippen LogP contribution in [0.5, 0.6) is 0 Å². The molecule has 1 aromatic heterocycles. The third-order valence-electron chi connectivity index (χ3n) is 3.33. The maximum absolute atomic E-state index is 5.40. The van der Waals surface area contributed by atoms with Crippen LogP contribution >= 0.6 is 15.9 Å². The molecule has 0 amide bonds. The number of ether oxygens (including phenoxy) is 1. The first kappa shape index (κ1) is 12.8. The second kappa shape index (κ2) is 5.83. The molecule has 0 aromatic carbocycles. The summed E-state index contributed by atoms with van der Waals surface area (Å²) in [6.07, 6.45) is 4.14. The van der Waals surface area contributed by atoms with Crippen LogP contribution in [0.25, 0.3) is 0 Å². The summed E-state index contributed by atoms with van der Waals surface area (Å²) in [6.45, 7) is 3.87. The zero-order valence-electron chi connectivity index (χ0n) is 10.4. The highest BCUT2D eigenvalue weighted by molar-refractivity contribution is 9.08. The van der Waals surface area contributed by atoms with E-state index in [0.29, 0.717) is 6.04 Å². The van der Waals surface area contributed by atoms with Crippen LogP contribution in [0, 0.1) is 6.92 Å². The largest absolute Gasteiger partial charge is 0.381 e. The summed E-state index contributed by atoms with van der Waals surface area (Å²) < 4.78 is 5.40. The van der Waals surface area contributed by atoms with Crippen LogP contribution in [0.2, 0.25) is 0 Å². The lowest BCUT2D eigenvalue weighted by Crippen LogP contribution is -2.37. The fourth-order valence-corrected chi connectivity index (χ4v) is 2.62. The average molecular weight is 299 g/mol. The second-order valence-corrected chi connectivity index (χ2v) is 5.13. The van der Waals surface area contributed by atoms with Crippen molar-refractivity contribution in [1.82, 2.24) is 4.98 Å². The van der Waals surface area contributed by atoms with Gasteiger partial charge in [-0.2, -0.15) is 0 Å². The summed E-state index contributed by atoms with van der Waals surface area (Å²) in [5.74, 6) is 1.10. The van der Waals surface area contributed by atoms with Gasteiger partial charge in [-0.05, 0) is 30.9 Å².